The molecular weight excluding hydrogens is 342 g/mol. The lowest BCUT2D eigenvalue weighted by Gasteiger charge is -2.16. The number of hydrogen-bond donors (Lipinski definition) is 0. The molecule has 1 aliphatic rings. The third-order valence-electron chi connectivity index (χ3n) is 4.04. The van der Waals surface area contributed by atoms with E-state index >= 15 is 0 Å². The molecule has 1 aromatic heterocycles. The fraction of sp³-hybridized carbons (Fsp3) is 0.333. The van der Waals surface area contributed by atoms with Gasteiger partial charge >= 0.3 is 0 Å². The Morgan fingerprint density at radius 1 is 1.28 bits per heavy atom. The fourth-order valence-corrected chi connectivity index (χ4v) is 2.94. The zero-order chi connectivity index (χ0) is 17.6. The molecule has 0 N–H and O–H groups in total. The minimum Gasteiger partial charge on any atom is -0.488 e. The van der Waals surface area contributed by atoms with Gasteiger partial charge in [0.25, 0.3) is 5.56 Å². The summed E-state index contributed by atoms with van der Waals surface area (Å²) in [6.07, 6.45) is 12.9. The molecule has 0 bridgehead atoms. The summed E-state index contributed by atoms with van der Waals surface area (Å²) in [6, 6.07) is 5.11. The van der Waals surface area contributed by atoms with Crippen LogP contribution in [-0.2, 0) is 0 Å². The van der Waals surface area contributed by atoms with E-state index in [1.807, 2.05) is 0 Å². The van der Waals surface area contributed by atoms with Crippen molar-refractivity contribution in [1.29, 1.82) is 0 Å². The van der Waals surface area contributed by atoms with Gasteiger partial charge in [0.2, 0.25) is 0 Å². The quantitative estimate of drug-likeness (QED) is 0.741. The molecule has 1 aromatic carbocycles. The molecule has 0 amide bonds. The largest absolute Gasteiger partial charge is 0.488 e. The monoisotopic (exact) mass is 359 g/mol. The lowest BCUT2D eigenvalue weighted by molar-refractivity contribution is 0.233. The molecule has 0 radical (unpaired) electrons. The van der Waals surface area contributed by atoms with Crippen LogP contribution in [0.4, 0.5) is 0 Å². The van der Waals surface area contributed by atoms with Crippen LogP contribution in [0.15, 0.2) is 35.4 Å². The number of rotatable bonds is 6. The summed E-state index contributed by atoms with van der Waals surface area (Å²) in [7, 11) is 0. The second-order valence-electron chi connectivity index (χ2n) is 5.64. The van der Waals surface area contributed by atoms with Crippen LogP contribution in [-0.4, -0.2) is 40.7 Å². The fourth-order valence-electron chi connectivity index (χ4n) is 2.79. The standard InChI is InChI=1S/C18H18ClN3O3/c1-2-24-16-13-14(22-10-7-20-17(19)18(22)23)5-6-15(16)25-12-11-21-8-3-4-9-21/h1,5-7,10,13H,3-4,8-9,11-12H2. The van der Waals surface area contributed by atoms with Crippen molar-refractivity contribution in [2.24, 2.45) is 0 Å². The highest BCUT2D eigenvalue weighted by molar-refractivity contribution is 6.29. The Hall–Kier alpha value is -2.49. The van der Waals surface area contributed by atoms with Gasteiger partial charge in [0.05, 0.1) is 5.69 Å². The first kappa shape index (κ1) is 17.3. The van der Waals surface area contributed by atoms with Crippen LogP contribution in [0.1, 0.15) is 12.8 Å². The van der Waals surface area contributed by atoms with Crippen LogP contribution in [0, 0.1) is 12.5 Å². The van der Waals surface area contributed by atoms with Crippen molar-refractivity contribution in [3.63, 3.8) is 0 Å². The first-order valence-electron chi connectivity index (χ1n) is 8.04. The van der Waals surface area contributed by atoms with Crippen molar-refractivity contribution >= 4 is 11.6 Å². The van der Waals surface area contributed by atoms with Crippen molar-refractivity contribution in [3.8, 4) is 29.7 Å². The van der Waals surface area contributed by atoms with Gasteiger partial charge in [-0.1, -0.05) is 18.0 Å². The molecule has 2 aromatic rings. The highest BCUT2D eigenvalue weighted by Crippen LogP contribution is 2.29. The molecule has 0 aliphatic carbocycles. The van der Waals surface area contributed by atoms with E-state index in [1.165, 1.54) is 29.8 Å². The Morgan fingerprint density at radius 3 is 2.84 bits per heavy atom. The van der Waals surface area contributed by atoms with Gasteiger partial charge in [0.15, 0.2) is 16.7 Å². The molecule has 25 heavy (non-hydrogen) atoms. The van der Waals surface area contributed by atoms with Gasteiger partial charge in [0.1, 0.15) is 12.7 Å². The molecule has 2 heterocycles. The predicted molar refractivity (Wildman–Crippen MR) is 95.5 cm³/mol. The minimum absolute atomic E-state index is 0.104. The first-order chi connectivity index (χ1) is 12.2. The summed E-state index contributed by atoms with van der Waals surface area (Å²) in [5.41, 5.74) is 0.143. The van der Waals surface area contributed by atoms with Crippen LogP contribution in [0.2, 0.25) is 5.15 Å². The zero-order valence-electron chi connectivity index (χ0n) is 13.7. The minimum atomic E-state index is -0.418. The van der Waals surface area contributed by atoms with Crippen molar-refractivity contribution in [1.82, 2.24) is 14.5 Å². The normalized spacial score (nSPS) is 14.2. The number of nitrogens with zero attached hydrogens (tertiary/aromatic N) is 3. The second-order valence-corrected chi connectivity index (χ2v) is 6.00. The number of terminal acetylenes is 1. The number of benzene rings is 1. The maximum atomic E-state index is 12.1. The van der Waals surface area contributed by atoms with Crippen LogP contribution in [0.25, 0.3) is 5.69 Å². The van der Waals surface area contributed by atoms with E-state index < -0.39 is 5.56 Å². The smallest absolute Gasteiger partial charge is 0.292 e. The van der Waals surface area contributed by atoms with E-state index in [1.54, 1.807) is 18.2 Å². The lowest BCUT2D eigenvalue weighted by atomic mass is 10.2. The Morgan fingerprint density at radius 2 is 2.08 bits per heavy atom. The average Bonchev–Trinajstić information content (AvgIpc) is 3.12. The van der Waals surface area contributed by atoms with Crippen LogP contribution in [0.3, 0.4) is 0 Å². The molecule has 0 unspecified atom stereocenters. The molecule has 6 nitrogen and oxygen atoms in total. The number of ether oxygens (including phenoxy) is 2. The van der Waals surface area contributed by atoms with Gasteiger partial charge < -0.3 is 9.47 Å². The Balaban J connectivity index is 1.79. The van der Waals surface area contributed by atoms with Gasteiger partial charge in [-0.2, -0.15) is 0 Å². The SMILES string of the molecule is C#COc1cc(-n2ccnc(Cl)c2=O)ccc1OCCN1CCCC1. The number of halogens is 1. The summed E-state index contributed by atoms with van der Waals surface area (Å²) in [5, 5.41) is -0.104. The maximum Gasteiger partial charge on any atom is 0.292 e. The van der Waals surface area contributed by atoms with E-state index in [0.717, 1.165) is 19.6 Å². The Kier molecular flexibility index (Phi) is 5.59. The molecule has 130 valence electrons. The van der Waals surface area contributed by atoms with Crippen LogP contribution in [0.5, 0.6) is 11.5 Å². The van der Waals surface area contributed by atoms with E-state index in [4.69, 9.17) is 27.5 Å². The third-order valence-corrected chi connectivity index (χ3v) is 4.30. The van der Waals surface area contributed by atoms with Crippen molar-refractivity contribution in [3.05, 3.63) is 46.1 Å². The molecular formula is C18H18ClN3O3. The maximum absolute atomic E-state index is 12.1. The van der Waals surface area contributed by atoms with Crippen molar-refractivity contribution in [2.75, 3.05) is 26.2 Å². The third kappa shape index (κ3) is 4.13. The molecule has 0 saturated carbocycles. The van der Waals surface area contributed by atoms with E-state index in [-0.39, 0.29) is 5.15 Å². The van der Waals surface area contributed by atoms with E-state index in [0.29, 0.717) is 23.8 Å². The van der Waals surface area contributed by atoms with E-state index in [9.17, 15) is 4.79 Å². The number of likely N-dealkylation sites (tertiary alicyclic amines) is 1. The van der Waals surface area contributed by atoms with E-state index in [2.05, 4.69) is 16.0 Å². The summed E-state index contributed by atoms with van der Waals surface area (Å²) in [5.74, 6) is 0.912. The molecule has 3 rings (SSSR count). The summed E-state index contributed by atoms with van der Waals surface area (Å²) < 4.78 is 12.4. The highest BCUT2D eigenvalue weighted by atomic mass is 35.5. The van der Waals surface area contributed by atoms with Gasteiger partial charge in [-0.05, 0) is 38.1 Å². The van der Waals surface area contributed by atoms with Crippen molar-refractivity contribution < 1.29 is 9.47 Å². The topological polar surface area (TPSA) is 56.6 Å². The molecule has 1 aliphatic heterocycles. The lowest BCUT2D eigenvalue weighted by Crippen LogP contribution is -2.25. The zero-order valence-corrected chi connectivity index (χ0v) is 14.4. The summed E-state index contributed by atoms with van der Waals surface area (Å²) >= 11 is 5.79. The van der Waals surface area contributed by atoms with Gasteiger partial charge in [-0.25, -0.2) is 4.98 Å². The van der Waals surface area contributed by atoms with Gasteiger partial charge in [0, 0.05) is 25.0 Å². The first-order valence-corrected chi connectivity index (χ1v) is 8.42. The molecule has 1 fully saturated rings. The van der Waals surface area contributed by atoms with Crippen LogP contribution >= 0.6 is 11.6 Å². The summed E-state index contributed by atoms with van der Waals surface area (Å²) in [4.78, 5) is 18.2. The van der Waals surface area contributed by atoms with Gasteiger partial charge in [-0.15, -0.1) is 0 Å². The number of hydrogen-bond acceptors (Lipinski definition) is 5. The molecule has 1 saturated heterocycles. The highest BCUT2D eigenvalue weighted by Gasteiger charge is 2.13. The molecule has 0 spiro atoms. The molecule has 0 atom stereocenters. The van der Waals surface area contributed by atoms with Crippen molar-refractivity contribution in [2.45, 2.75) is 12.8 Å². The Bertz CT molecular complexity index is 838. The predicted octanol–water partition coefficient (Wildman–Crippen LogP) is 2.33. The van der Waals surface area contributed by atoms with Crippen LogP contribution < -0.4 is 15.0 Å². The second kappa shape index (κ2) is 8.06. The average molecular weight is 360 g/mol. The Labute approximate surface area is 151 Å². The van der Waals surface area contributed by atoms with Gasteiger partial charge in [-0.3, -0.25) is 14.3 Å². The molecule has 7 heteroatoms. The summed E-state index contributed by atoms with van der Waals surface area (Å²) in [6.45, 7) is 3.63. The number of aromatic nitrogens is 2.